The van der Waals surface area contributed by atoms with Crippen molar-refractivity contribution in [3.63, 3.8) is 0 Å². The van der Waals surface area contributed by atoms with Crippen LogP contribution >= 0.6 is 27.3 Å². The Hall–Kier alpha value is -0.930. The van der Waals surface area contributed by atoms with Crippen LogP contribution in [0.15, 0.2) is 40.2 Å². The standard InChI is InChI=1S/C13H11BrOS/c1-9-12(5-6-16-9)13(15)8-10-3-2-4-11(14)7-10/h2-7H,8H2,1H3. The van der Waals surface area contributed by atoms with E-state index in [4.69, 9.17) is 0 Å². The van der Waals surface area contributed by atoms with Gasteiger partial charge in [-0.25, -0.2) is 0 Å². The number of benzene rings is 1. The highest BCUT2D eigenvalue weighted by molar-refractivity contribution is 9.10. The molecule has 1 aromatic carbocycles. The van der Waals surface area contributed by atoms with Crippen molar-refractivity contribution in [2.24, 2.45) is 0 Å². The van der Waals surface area contributed by atoms with Crippen LogP contribution in [0.25, 0.3) is 0 Å². The van der Waals surface area contributed by atoms with E-state index in [1.54, 1.807) is 11.3 Å². The Morgan fingerprint density at radius 2 is 2.19 bits per heavy atom. The van der Waals surface area contributed by atoms with Crippen LogP contribution in [0.4, 0.5) is 0 Å². The molecule has 0 amide bonds. The maximum absolute atomic E-state index is 12.0. The maximum Gasteiger partial charge on any atom is 0.168 e. The van der Waals surface area contributed by atoms with Crippen molar-refractivity contribution in [3.8, 4) is 0 Å². The normalized spacial score (nSPS) is 10.4. The van der Waals surface area contributed by atoms with Gasteiger partial charge in [-0.3, -0.25) is 4.79 Å². The molecule has 1 heterocycles. The van der Waals surface area contributed by atoms with E-state index in [9.17, 15) is 4.79 Å². The fourth-order valence-electron chi connectivity index (χ4n) is 1.60. The predicted octanol–water partition coefficient (Wildman–Crippen LogP) is 4.24. The van der Waals surface area contributed by atoms with Gasteiger partial charge in [0.1, 0.15) is 0 Å². The fraction of sp³-hybridized carbons (Fsp3) is 0.154. The van der Waals surface area contributed by atoms with Gasteiger partial charge >= 0.3 is 0 Å². The SMILES string of the molecule is Cc1sccc1C(=O)Cc1cccc(Br)c1. The number of Topliss-reactive ketones (excluding diaryl/α,β-unsaturated/α-hetero) is 1. The van der Waals surface area contributed by atoms with E-state index in [1.807, 2.05) is 42.6 Å². The molecule has 0 fully saturated rings. The molecule has 0 radical (unpaired) electrons. The molecule has 16 heavy (non-hydrogen) atoms. The maximum atomic E-state index is 12.0. The van der Waals surface area contributed by atoms with Gasteiger partial charge in [0.05, 0.1) is 0 Å². The minimum atomic E-state index is 0.192. The molecular formula is C13H11BrOS. The van der Waals surface area contributed by atoms with Crippen molar-refractivity contribution >= 4 is 33.0 Å². The first-order chi connectivity index (χ1) is 7.66. The van der Waals surface area contributed by atoms with E-state index in [1.165, 1.54) is 0 Å². The van der Waals surface area contributed by atoms with E-state index in [-0.39, 0.29) is 5.78 Å². The lowest BCUT2D eigenvalue weighted by molar-refractivity contribution is 0.0993. The highest BCUT2D eigenvalue weighted by Gasteiger charge is 2.10. The van der Waals surface area contributed by atoms with Gasteiger partial charge in [0.2, 0.25) is 0 Å². The summed E-state index contributed by atoms with van der Waals surface area (Å²) in [6.45, 7) is 1.98. The van der Waals surface area contributed by atoms with Crippen molar-refractivity contribution in [1.29, 1.82) is 0 Å². The number of rotatable bonds is 3. The van der Waals surface area contributed by atoms with Crippen molar-refractivity contribution in [2.45, 2.75) is 13.3 Å². The molecule has 0 spiro atoms. The average molecular weight is 295 g/mol. The summed E-state index contributed by atoms with van der Waals surface area (Å²) in [6.07, 6.45) is 0.469. The molecule has 0 saturated heterocycles. The zero-order chi connectivity index (χ0) is 11.5. The van der Waals surface area contributed by atoms with Crippen LogP contribution in [0.1, 0.15) is 20.8 Å². The molecule has 1 aromatic heterocycles. The number of hydrogen-bond acceptors (Lipinski definition) is 2. The smallest absolute Gasteiger partial charge is 0.168 e. The Labute approximate surface area is 107 Å². The number of halogens is 1. The molecule has 0 N–H and O–H groups in total. The number of carbonyl (C=O) groups is 1. The molecule has 2 rings (SSSR count). The van der Waals surface area contributed by atoms with Gasteiger partial charge < -0.3 is 0 Å². The summed E-state index contributed by atoms with van der Waals surface area (Å²) in [5.74, 6) is 0.192. The number of carbonyl (C=O) groups excluding carboxylic acids is 1. The van der Waals surface area contributed by atoms with Crippen LogP contribution < -0.4 is 0 Å². The Balaban J connectivity index is 2.17. The summed E-state index contributed by atoms with van der Waals surface area (Å²) in [4.78, 5) is 13.1. The van der Waals surface area contributed by atoms with Gasteiger partial charge in [-0.2, -0.15) is 0 Å². The van der Waals surface area contributed by atoms with Gasteiger partial charge in [-0.05, 0) is 36.1 Å². The van der Waals surface area contributed by atoms with Crippen LogP contribution in [0.5, 0.6) is 0 Å². The number of ketones is 1. The van der Waals surface area contributed by atoms with Crippen LogP contribution in [-0.4, -0.2) is 5.78 Å². The van der Waals surface area contributed by atoms with Crippen molar-refractivity contribution in [3.05, 3.63) is 56.2 Å². The molecule has 0 aliphatic rings. The van der Waals surface area contributed by atoms with E-state index < -0.39 is 0 Å². The number of hydrogen-bond donors (Lipinski definition) is 0. The third kappa shape index (κ3) is 2.60. The fourth-order valence-corrected chi connectivity index (χ4v) is 2.77. The third-order valence-corrected chi connectivity index (χ3v) is 3.75. The summed E-state index contributed by atoms with van der Waals surface area (Å²) in [6, 6.07) is 9.78. The first-order valence-corrected chi connectivity index (χ1v) is 6.66. The minimum absolute atomic E-state index is 0.192. The quantitative estimate of drug-likeness (QED) is 0.774. The molecule has 0 aliphatic heterocycles. The topological polar surface area (TPSA) is 17.1 Å². The molecule has 0 saturated carbocycles. The summed E-state index contributed by atoms with van der Waals surface area (Å²) in [7, 11) is 0. The molecule has 0 bridgehead atoms. The predicted molar refractivity (Wildman–Crippen MR) is 71.2 cm³/mol. The van der Waals surface area contributed by atoms with Gasteiger partial charge in [0.25, 0.3) is 0 Å². The van der Waals surface area contributed by atoms with Crippen molar-refractivity contribution in [2.75, 3.05) is 0 Å². The number of thiophene rings is 1. The Bertz CT molecular complexity index is 516. The third-order valence-electron chi connectivity index (χ3n) is 2.41. The lowest BCUT2D eigenvalue weighted by Crippen LogP contribution is -2.03. The minimum Gasteiger partial charge on any atom is -0.294 e. The Morgan fingerprint density at radius 3 is 2.81 bits per heavy atom. The second-order valence-corrected chi connectivity index (χ2v) is 5.66. The average Bonchev–Trinajstić information content (AvgIpc) is 2.64. The van der Waals surface area contributed by atoms with Crippen LogP contribution in [0.3, 0.4) is 0 Å². The van der Waals surface area contributed by atoms with Crippen LogP contribution in [0.2, 0.25) is 0 Å². The highest BCUT2D eigenvalue weighted by Crippen LogP contribution is 2.18. The zero-order valence-electron chi connectivity index (χ0n) is 8.87. The summed E-state index contributed by atoms with van der Waals surface area (Å²) >= 11 is 5.02. The molecular weight excluding hydrogens is 284 g/mol. The highest BCUT2D eigenvalue weighted by atomic mass is 79.9. The molecule has 1 nitrogen and oxygen atoms in total. The first kappa shape index (κ1) is 11.6. The Kier molecular flexibility index (Phi) is 3.56. The second-order valence-electron chi connectivity index (χ2n) is 3.62. The summed E-state index contributed by atoms with van der Waals surface area (Å²) in [5, 5.41) is 1.96. The zero-order valence-corrected chi connectivity index (χ0v) is 11.3. The van der Waals surface area contributed by atoms with E-state index in [0.29, 0.717) is 6.42 Å². The Morgan fingerprint density at radius 1 is 1.38 bits per heavy atom. The van der Waals surface area contributed by atoms with Gasteiger partial charge in [0.15, 0.2) is 5.78 Å². The van der Waals surface area contributed by atoms with Crippen molar-refractivity contribution in [1.82, 2.24) is 0 Å². The molecule has 82 valence electrons. The molecule has 2 aromatic rings. The second kappa shape index (κ2) is 4.93. The van der Waals surface area contributed by atoms with E-state index in [0.717, 1.165) is 20.5 Å². The monoisotopic (exact) mass is 294 g/mol. The van der Waals surface area contributed by atoms with Gasteiger partial charge in [-0.15, -0.1) is 11.3 Å². The van der Waals surface area contributed by atoms with Gasteiger partial charge in [0, 0.05) is 21.3 Å². The van der Waals surface area contributed by atoms with Crippen LogP contribution in [-0.2, 0) is 6.42 Å². The van der Waals surface area contributed by atoms with Crippen LogP contribution in [0, 0.1) is 6.92 Å². The van der Waals surface area contributed by atoms with E-state index in [2.05, 4.69) is 15.9 Å². The molecule has 0 atom stereocenters. The van der Waals surface area contributed by atoms with E-state index >= 15 is 0 Å². The lowest BCUT2D eigenvalue weighted by Gasteiger charge is -2.01. The largest absolute Gasteiger partial charge is 0.294 e. The molecule has 3 heteroatoms. The molecule has 0 unspecified atom stereocenters. The lowest BCUT2D eigenvalue weighted by atomic mass is 10.0. The van der Waals surface area contributed by atoms with Crippen molar-refractivity contribution < 1.29 is 4.79 Å². The van der Waals surface area contributed by atoms with Gasteiger partial charge in [-0.1, -0.05) is 28.1 Å². The first-order valence-electron chi connectivity index (χ1n) is 4.98. The number of aryl methyl sites for hydroxylation is 1. The molecule has 0 aliphatic carbocycles. The summed E-state index contributed by atoms with van der Waals surface area (Å²) < 4.78 is 1.01. The summed E-state index contributed by atoms with van der Waals surface area (Å²) in [5.41, 5.74) is 1.90.